The van der Waals surface area contributed by atoms with E-state index in [0.29, 0.717) is 0 Å². The summed E-state index contributed by atoms with van der Waals surface area (Å²) in [4.78, 5) is 0. The summed E-state index contributed by atoms with van der Waals surface area (Å²) in [5, 5.41) is 10.5. The highest BCUT2D eigenvalue weighted by Gasteiger charge is 2.42. The molecular weight excluding hydrogens is 328 g/mol. The maximum atomic E-state index is 10.5. The lowest BCUT2D eigenvalue weighted by molar-refractivity contribution is -0.0254. The first-order valence-electron chi connectivity index (χ1n) is 8.16. The summed E-state index contributed by atoms with van der Waals surface area (Å²) in [5.41, 5.74) is 0.783. The summed E-state index contributed by atoms with van der Waals surface area (Å²) < 4.78 is 7.44. The number of hydrogen-bond donors (Lipinski definition) is 1. The molecule has 0 saturated heterocycles. The van der Waals surface area contributed by atoms with Crippen molar-refractivity contribution in [3.63, 3.8) is 0 Å². The molecule has 1 fully saturated rings. The molecule has 116 valence electrons. The van der Waals surface area contributed by atoms with Crippen LogP contribution >= 0.6 is 15.9 Å². The van der Waals surface area contributed by atoms with Crippen LogP contribution in [0.5, 0.6) is 5.75 Å². The van der Waals surface area contributed by atoms with E-state index in [9.17, 15) is 5.11 Å². The molecule has 3 rings (SSSR count). The van der Waals surface area contributed by atoms with Crippen LogP contribution in [0.3, 0.4) is 0 Å². The first kappa shape index (κ1) is 15.4. The molecule has 3 atom stereocenters. The minimum atomic E-state index is -0.391. The Kier molecular flexibility index (Phi) is 4.33. The second kappa shape index (κ2) is 5.92. The molecule has 1 aromatic rings. The topological polar surface area (TPSA) is 29.5 Å². The third-order valence-corrected chi connectivity index (χ3v) is 5.84. The lowest BCUT2D eigenvalue weighted by Crippen LogP contribution is -2.40. The van der Waals surface area contributed by atoms with Crippen molar-refractivity contribution < 1.29 is 9.84 Å². The molecule has 2 aliphatic rings. The number of ether oxygens (including phenoxy) is 1. The predicted octanol–water partition coefficient (Wildman–Crippen LogP) is 5.24. The molecular formula is C18H25BrO2. The molecule has 1 aliphatic heterocycles. The van der Waals surface area contributed by atoms with Crippen LogP contribution in [0.1, 0.15) is 64.0 Å². The van der Waals surface area contributed by atoms with Gasteiger partial charge in [0.2, 0.25) is 0 Å². The Balaban J connectivity index is 1.83. The average Bonchev–Trinajstić information content (AvgIpc) is 2.61. The Hall–Kier alpha value is -0.540. The van der Waals surface area contributed by atoms with Gasteiger partial charge in [0.1, 0.15) is 11.4 Å². The molecule has 2 nitrogen and oxygen atoms in total. The third kappa shape index (κ3) is 3.14. The van der Waals surface area contributed by atoms with Crippen LogP contribution in [0.15, 0.2) is 22.7 Å². The Morgan fingerprint density at radius 1 is 1.29 bits per heavy atom. The zero-order valence-corrected chi connectivity index (χ0v) is 14.5. The largest absolute Gasteiger partial charge is 0.487 e. The molecule has 1 N–H and O–H groups in total. The first-order chi connectivity index (χ1) is 9.99. The second-order valence-electron chi connectivity index (χ2n) is 7.12. The van der Waals surface area contributed by atoms with Gasteiger partial charge in [0.25, 0.3) is 0 Å². The van der Waals surface area contributed by atoms with Gasteiger partial charge in [0.05, 0.1) is 6.10 Å². The highest BCUT2D eigenvalue weighted by Crippen LogP contribution is 2.47. The summed E-state index contributed by atoms with van der Waals surface area (Å²) >= 11 is 3.51. The van der Waals surface area contributed by atoms with Crippen LogP contribution in [-0.2, 0) is 0 Å². The Morgan fingerprint density at radius 3 is 2.86 bits per heavy atom. The zero-order chi connectivity index (χ0) is 15.0. The van der Waals surface area contributed by atoms with Crippen molar-refractivity contribution in [3.8, 4) is 5.75 Å². The molecule has 1 spiro atoms. The van der Waals surface area contributed by atoms with Gasteiger partial charge in [-0.05, 0) is 49.7 Å². The monoisotopic (exact) mass is 352 g/mol. The van der Waals surface area contributed by atoms with E-state index in [-0.39, 0.29) is 5.60 Å². The minimum Gasteiger partial charge on any atom is -0.487 e. The Labute approximate surface area is 136 Å². The fraction of sp³-hybridized carbons (Fsp3) is 0.667. The van der Waals surface area contributed by atoms with Crippen molar-refractivity contribution >= 4 is 15.9 Å². The van der Waals surface area contributed by atoms with Gasteiger partial charge in [-0.2, -0.15) is 0 Å². The van der Waals surface area contributed by atoms with Crippen molar-refractivity contribution in [2.45, 2.75) is 64.1 Å². The lowest BCUT2D eigenvalue weighted by Gasteiger charge is -2.40. The fourth-order valence-corrected chi connectivity index (χ4v) is 4.33. The van der Waals surface area contributed by atoms with E-state index in [1.165, 1.54) is 19.3 Å². The van der Waals surface area contributed by atoms with E-state index in [1.807, 2.05) is 18.2 Å². The summed E-state index contributed by atoms with van der Waals surface area (Å²) in [6.45, 7) is 4.65. The predicted molar refractivity (Wildman–Crippen MR) is 88.5 cm³/mol. The van der Waals surface area contributed by atoms with E-state index in [1.54, 1.807) is 0 Å². The Morgan fingerprint density at radius 2 is 2.10 bits per heavy atom. The van der Waals surface area contributed by atoms with Crippen LogP contribution < -0.4 is 4.74 Å². The SMILES string of the molecule is CC(C)C1CCCC2(CC1)CC(O)c1ccc(Br)cc1O2. The maximum Gasteiger partial charge on any atom is 0.127 e. The number of halogens is 1. The van der Waals surface area contributed by atoms with Gasteiger partial charge < -0.3 is 9.84 Å². The number of hydrogen-bond acceptors (Lipinski definition) is 2. The van der Waals surface area contributed by atoms with Gasteiger partial charge >= 0.3 is 0 Å². The summed E-state index contributed by atoms with van der Waals surface area (Å²) in [5.74, 6) is 2.41. The molecule has 1 aliphatic carbocycles. The van der Waals surface area contributed by atoms with E-state index in [0.717, 1.165) is 46.9 Å². The van der Waals surface area contributed by atoms with Crippen LogP contribution in [0.4, 0.5) is 0 Å². The van der Waals surface area contributed by atoms with Gasteiger partial charge in [0, 0.05) is 16.5 Å². The van der Waals surface area contributed by atoms with Crippen LogP contribution in [0, 0.1) is 11.8 Å². The molecule has 21 heavy (non-hydrogen) atoms. The third-order valence-electron chi connectivity index (χ3n) is 5.35. The highest BCUT2D eigenvalue weighted by atomic mass is 79.9. The number of rotatable bonds is 1. The quantitative estimate of drug-likeness (QED) is 0.748. The molecule has 0 amide bonds. The van der Waals surface area contributed by atoms with E-state index in [4.69, 9.17) is 4.74 Å². The van der Waals surface area contributed by atoms with E-state index >= 15 is 0 Å². The highest BCUT2D eigenvalue weighted by molar-refractivity contribution is 9.10. The summed E-state index contributed by atoms with van der Waals surface area (Å²) in [6.07, 6.45) is 6.21. The standard InChI is InChI=1S/C18H25BrO2/c1-12(2)13-4-3-8-18(9-7-13)11-16(20)15-6-5-14(19)10-17(15)21-18/h5-6,10,12-13,16,20H,3-4,7-9,11H2,1-2H3. The lowest BCUT2D eigenvalue weighted by atomic mass is 9.82. The van der Waals surface area contributed by atoms with E-state index < -0.39 is 6.10 Å². The van der Waals surface area contributed by atoms with Crippen LogP contribution in [0.2, 0.25) is 0 Å². The smallest absolute Gasteiger partial charge is 0.127 e. The van der Waals surface area contributed by atoms with Crippen molar-refractivity contribution in [2.75, 3.05) is 0 Å². The molecule has 0 aromatic heterocycles. The van der Waals surface area contributed by atoms with Crippen molar-refractivity contribution in [2.24, 2.45) is 11.8 Å². The molecule has 1 saturated carbocycles. The van der Waals surface area contributed by atoms with Gasteiger partial charge in [-0.25, -0.2) is 0 Å². The molecule has 0 bridgehead atoms. The maximum absolute atomic E-state index is 10.5. The fourth-order valence-electron chi connectivity index (χ4n) is 3.99. The molecule has 1 heterocycles. The van der Waals surface area contributed by atoms with Gasteiger partial charge in [-0.3, -0.25) is 0 Å². The van der Waals surface area contributed by atoms with Crippen molar-refractivity contribution in [1.82, 2.24) is 0 Å². The minimum absolute atomic E-state index is 0.156. The molecule has 1 aromatic carbocycles. The van der Waals surface area contributed by atoms with Gasteiger partial charge in [-0.15, -0.1) is 0 Å². The van der Waals surface area contributed by atoms with E-state index in [2.05, 4.69) is 29.8 Å². The van der Waals surface area contributed by atoms with Gasteiger partial charge in [0.15, 0.2) is 0 Å². The number of aliphatic hydroxyl groups excluding tert-OH is 1. The second-order valence-corrected chi connectivity index (χ2v) is 8.04. The molecule has 3 heteroatoms. The Bertz CT molecular complexity index is 514. The summed E-state index contributed by atoms with van der Waals surface area (Å²) in [6, 6.07) is 5.96. The summed E-state index contributed by atoms with van der Waals surface area (Å²) in [7, 11) is 0. The normalized spacial score (nSPS) is 32.6. The zero-order valence-electron chi connectivity index (χ0n) is 12.9. The van der Waals surface area contributed by atoms with Crippen molar-refractivity contribution in [1.29, 1.82) is 0 Å². The first-order valence-corrected chi connectivity index (χ1v) is 8.95. The van der Waals surface area contributed by atoms with Gasteiger partial charge in [-0.1, -0.05) is 42.3 Å². The van der Waals surface area contributed by atoms with Crippen LogP contribution in [-0.4, -0.2) is 10.7 Å². The molecule has 0 radical (unpaired) electrons. The number of fused-ring (bicyclic) bond motifs is 1. The number of aliphatic hydroxyl groups is 1. The number of benzene rings is 1. The van der Waals surface area contributed by atoms with Crippen molar-refractivity contribution in [3.05, 3.63) is 28.2 Å². The van der Waals surface area contributed by atoms with Crippen LogP contribution in [0.25, 0.3) is 0 Å². The molecule has 3 unspecified atom stereocenters. The average molecular weight is 353 g/mol.